The van der Waals surface area contributed by atoms with Crippen molar-refractivity contribution < 1.29 is 4.79 Å². The molecule has 0 radical (unpaired) electrons. The number of benzene rings is 1. The van der Waals surface area contributed by atoms with Crippen LogP contribution in [0.5, 0.6) is 0 Å². The molecule has 1 aromatic carbocycles. The van der Waals surface area contributed by atoms with Gasteiger partial charge in [-0.2, -0.15) is 0 Å². The minimum Gasteiger partial charge on any atom is -0.364 e. The van der Waals surface area contributed by atoms with Crippen molar-refractivity contribution >= 4 is 17.4 Å². The number of aromatic nitrogens is 3. The zero-order valence-electron chi connectivity index (χ0n) is 14.5. The Kier molecular flexibility index (Phi) is 3.62. The zero-order valence-corrected chi connectivity index (χ0v) is 14.5. The second kappa shape index (κ2) is 6.12. The summed E-state index contributed by atoms with van der Waals surface area (Å²) in [7, 11) is 0. The number of imidazole rings is 1. The molecule has 1 aliphatic heterocycles. The van der Waals surface area contributed by atoms with Crippen LogP contribution in [-0.4, -0.2) is 26.3 Å². The highest BCUT2D eigenvalue weighted by Crippen LogP contribution is 2.28. The first-order valence-electron chi connectivity index (χ1n) is 9.30. The Hall–Kier alpha value is -2.89. The molecule has 2 N–H and O–H groups in total. The Morgan fingerprint density at radius 3 is 2.92 bits per heavy atom. The molecule has 0 spiro atoms. The average molecular weight is 347 g/mol. The van der Waals surface area contributed by atoms with Crippen molar-refractivity contribution in [3.05, 3.63) is 47.9 Å². The van der Waals surface area contributed by atoms with Crippen LogP contribution in [0.25, 0.3) is 16.9 Å². The van der Waals surface area contributed by atoms with Crippen LogP contribution in [0, 0.1) is 0 Å². The highest BCUT2D eigenvalue weighted by Gasteiger charge is 2.20. The lowest BCUT2D eigenvalue weighted by Crippen LogP contribution is -2.23. The van der Waals surface area contributed by atoms with Gasteiger partial charge in [-0.05, 0) is 30.5 Å². The quantitative estimate of drug-likeness (QED) is 0.762. The Morgan fingerprint density at radius 2 is 2.04 bits per heavy atom. The lowest BCUT2D eigenvalue weighted by molar-refractivity contribution is 0.0966. The molecule has 1 amide bonds. The highest BCUT2D eigenvalue weighted by atomic mass is 16.1. The van der Waals surface area contributed by atoms with Crippen LogP contribution < -0.4 is 10.6 Å². The predicted octanol–water partition coefficient (Wildman–Crippen LogP) is 3.38. The van der Waals surface area contributed by atoms with Crippen LogP contribution >= 0.6 is 0 Å². The normalized spacial score (nSPS) is 17.3. The van der Waals surface area contributed by atoms with Crippen LogP contribution in [0.2, 0.25) is 0 Å². The number of carbonyl (C=O) groups is 1. The predicted molar refractivity (Wildman–Crippen MR) is 100 cm³/mol. The van der Waals surface area contributed by atoms with Gasteiger partial charge in [0.2, 0.25) is 0 Å². The lowest BCUT2D eigenvalue weighted by atomic mass is 9.95. The summed E-state index contributed by atoms with van der Waals surface area (Å²) in [6.07, 6.45) is 12.0. The van der Waals surface area contributed by atoms with Gasteiger partial charge < -0.3 is 10.6 Å². The van der Waals surface area contributed by atoms with Gasteiger partial charge in [-0.1, -0.05) is 25.3 Å². The maximum Gasteiger partial charge on any atom is 0.251 e. The van der Waals surface area contributed by atoms with E-state index >= 15 is 0 Å². The zero-order chi connectivity index (χ0) is 17.5. The van der Waals surface area contributed by atoms with Crippen molar-refractivity contribution in [3.8, 4) is 11.3 Å². The molecule has 3 aromatic rings. The Labute approximate surface area is 151 Å². The van der Waals surface area contributed by atoms with E-state index in [4.69, 9.17) is 0 Å². The van der Waals surface area contributed by atoms with Crippen molar-refractivity contribution in [1.29, 1.82) is 0 Å². The van der Waals surface area contributed by atoms with Crippen molar-refractivity contribution in [2.24, 2.45) is 0 Å². The Balaban J connectivity index is 1.53. The number of rotatable bonds is 3. The van der Waals surface area contributed by atoms with Gasteiger partial charge in [0.05, 0.1) is 11.9 Å². The van der Waals surface area contributed by atoms with Crippen molar-refractivity contribution in [1.82, 2.24) is 19.7 Å². The largest absolute Gasteiger partial charge is 0.364 e. The minimum absolute atomic E-state index is 0.00415. The number of fused-ring (bicyclic) bond motifs is 2. The highest BCUT2D eigenvalue weighted by molar-refractivity contribution is 5.98. The number of carbonyl (C=O) groups excluding carboxylic acids is 1. The molecule has 1 fully saturated rings. The van der Waals surface area contributed by atoms with Gasteiger partial charge in [0, 0.05) is 36.1 Å². The summed E-state index contributed by atoms with van der Waals surface area (Å²) in [4.78, 5) is 21.0. The van der Waals surface area contributed by atoms with Crippen LogP contribution in [0.3, 0.4) is 0 Å². The molecule has 26 heavy (non-hydrogen) atoms. The van der Waals surface area contributed by atoms with E-state index in [9.17, 15) is 4.79 Å². The first-order valence-corrected chi connectivity index (χ1v) is 9.30. The fourth-order valence-electron chi connectivity index (χ4n) is 4.07. The average Bonchev–Trinajstić information content (AvgIpc) is 3.30. The molecule has 0 atom stereocenters. The van der Waals surface area contributed by atoms with Crippen LogP contribution in [0.1, 0.15) is 48.0 Å². The molecule has 0 bridgehead atoms. The SMILES string of the molecule is O=C1NCc2cc(-c3cnc(NC4CCCCC4)c4nccn34)ccc21. The van der Waals surface area contributed by atoms with Crippen molar-refractivity contribution in [3.63, 3.8) is 0 Å². The van der Waals surface area contributed by atoms with Crippen LogP contribution in [-0.2, 0) is 6.54 Å². The van der Waals surface area contributed by atoms with Gasteiger partial charge in [-0.25, -0.2) is 9.97 Å². The van der Waals surface area contributed by atoms with E-state index in [2.05, 4.69) is 31.1 Å². The molecule has 1 aliphatic carbocycles. The van der Waals surface area contributed by atoms with Gasteiger partial charge >= 0.3 is 0 Å². The molecule has 0 unspecified atom stereocenters. The Bertz CT molecular complexity index is 987. The third-order valence-corrected chi connectivity index (χ3v) is 5.46. The molecule has 0 saturated heterocycles. The molecule has 6 nitrogen and oxygen atoms in total. The number of anilines is 1. The number of nitrogens with one attached hydrogen (secondary N) is 2. The van der Waals surface area contributed by atoms with Gasteiger partial charge in [-0.3, -0.25) is 9.20 Å². The molecule has 2 aliphatic rings. The van der Waals surface area contributed by atoms with Crippen LogP contribution in [0.15, 0.2) is 36.8 Å². The smallest absolute Gasteiger partial charge is 0.251 e. The molecule has 1 saturated carbocycles. The van der Waals surface area contributed by atoms with E-state index in [1.54, 1.807) is 0 Å². The fraction of sp³-hybridized carbons (Fsp3) is 0.350. The molecular formula is C20H21N5O. The number of hydrogen-bond acceptors (Lipinski definition) is 4. The van der Waals surface area contributed by atoms with E-state index < -0.39 is 0 Å². The van der Waals surface area contributed by atoms with Gasteiger partial charge in [0.25, 0.3) is 5.91 Å². The molecule has 5 rings (SSSR count). The third kappa shape index (κ3) is 2.53. The van der Waals surface area contributed by atoms with E-state index in [0.29, 0.717) is 12.6 Å². The maximum absolute atomic E-state index is 11.8. The molecule has 6 heteroatoms. The molecule has 3 heterocycles. The second-order valence-electron chi connectivity index (χ2n) is 7.15. The summed E-state index contributed by atoms with van der Waals surface area (Å²) < 4.78 is 2.07. The summed E-state index contributed by atoms with van der Waals surface area (Å²) in [6, 6.07) is 6.43. The monoisotopic (exact) mass is 347 g/mol. The summed E-state index contributed by atoms with van der Waals surface area (Å²) >= 11 is 0. The third-order valence-electron chi connectivity index (χ3n) is 5.46. The number of nitrogens with zero attached hydrogens (tertiary/aromatic N) is 3. The summed E-state index contributed by atoms with van der Waals surface area (Å²) in [5.74, 6) is 0.855. The summed E-state index contributed by atoms with van der Waals surface area (Å²) in [6.45, 7) is 0.587. The molecule has 2 aromatic heterocycles. The topological polar surface area (TPSA) is 71.3 Å². The Morgan fingerprint density at radius 1 is 1.15 bits per heavy atom. The van der Waals surface area contributed by atoms with Crippen molar-refractivity contribution in [2.45, 2.75) is 44.7 Å². The second-order valence-corrected chi connectivity index (χ2v) is 7.15. The first kappa shape index (κ1) is 15.4. The maximum atomic E-state index is 11.8. The van der Waals surface area contributed by atoms with E-state index in [1.165, 1.54) is 32.1 Å². The summed E-state index contributed by atoms with van der Waals surface area (Å²) in [5.41, 5.74) is 4.67. The number of amides is 1. The van der Waals surface area contributed by atoms with E-state index in [1.807, 2.05) is 30.7 Å². The lowest BCUT2D eigenvalue weighted by Gasteiger charge is -2.23. The van der Waals surface area contributed by atoms with Crippen molar-refractivity contribution in [2.75, 3.05) is 5.32 Å². The van der Waals surface area contributed by atoms with Gasteiger partial charge in [0.1, 0.15) is 0 Å². The van der Waals surface area contributed by atoms with Gasteiger partial charge in [-0.15, -0.1) is 0 Å². The summed E-state index contributed by atoms with van der Waals surface area (Å²) in [5, 5.41) is 6.45. The molecule has 132 valence electrons. The number of hydrogen-bond donors (Lipinski definition) is 2. The standard InChI is InChI=1S/C20H21N5O/c26-20-16-7-6-13(10-14(16)11-23-20)17-12-22-18(19-21-8-9-25(17)19)24-15-4-2-1-3-5-15/h6-10,12,15H,1-5,11H2,(H,22,24)(H,23,26). The first-order chi connectivity index (χ1) is 12.8. The van der Waals surface area contributed by atoms with Crippen LogP contribution in [0.4, 0.5) is 5.82 Å². The fourth-order valence-corrected chi connectivity index (χ4v) is 4.07. The van der Waals surface area contributed by atoms with Gasteiger partial charge in [0.15, 0.2) is 11.5 Å². The van der Waals surface area contributed by atoms with E-state index in [0.717, 1.165) is 33.8 Å². The molecular weight excluding hydrogens is 326 g/mol. The minimum atomic E-state index is 0.00415. The van der Waals surface area contributed by atoms with E-state index in [-0.39, 0.29) is 5.91 Å².